The number of primary amides is 1. The summed E-state index contributed by atoms with van der Waals surface area (Å²) in [6, 6.07) is 2.32. The van der Waals surface area contributed by atoms with E-state index in [4.69, 9.17) is 16.3 Å². The monoisotopic (exact) mass is 570 g/mol. The molecule has 14 nitrogen and oxygen atoms in total. The molecule has 3 amide bonds. The van der Waals surface area contributed by atoms with Crippen LogP contribution in [0.3, 0.4) is 0 Å². The first-order valence-electron chi connectivity index (χ1n) is 11.6. The largest absolute Gasteiger partial charge is 0.543 e. The molecule has 0 aliphatic carbocycles. The van der Waals surface area contributed by atoms with Crippen molar-refractivity contribution in [2.45, 2.75) is 24.9 Å². The average Bonchev–Trinajstić information content (AvgIpc) is 3.53. The number of thioether (sulfide) groups is 1. The number of aromatic nitrogens is 3. The summed E-state index contributed by atoms with van der Waals surface area (Å²) in [5, 5.41) is 19.7. The molecule has 0 aromatic carbocycles. The van der Waals surface area contributed by atoms with Gasteiger partial charge < -0.3 is 36.1 Å². The fourth-order valence-corrected chi connectivity index (χ4v) is 6.24. The predicted molar refractivity (Wildman–Crippen MR) is 137 cm³/mol. The van der Waals surface area contributed by atoms with Crippen LogP contribution in [-0.2, 0) is 25.8 Å². The van der Waals surface area contributed by atoms with E-state index in [9.17, 15) is 24.3 Å². The summed E-state index contributed by atoms with van der Waals surface area (Å²) >= 11 is 2.43. The molecule has 2 atom stereocenters. The van der Waals surface area contributed by atoms with Crippen molar-refractivity contribution in [2.24, 2.45) is 10.9 Å². The van der Waals surface area contributed by atoms with Crippen molar-refractivity contribution in [2.75, 3.05) is 18.1 Å². The van der Waals surface area contributed by atoms with Crippen LogP contribution in [0.4, 0.5) is 5.13 Å². The summed E-state index contributed by atoms with van der Waals surface area (Å²) in [5.41, 5.74) is 12.3. The van der Waals surface area contributed by atoms with Crippen molar-refractivity contribution in [1.82, 2.24) is 19.8 Å². The van der Waals surface area contributed by atoms with Gasteiger partial charge in [0.25, 0.3) is 17.5 Å². The fraction of sp³-hybridized carbons (Fsp3) is 0.261. The van der Waals surface area contributed by atoms with Gasteiger partial charge in [-0.3, -0.25) is 19.3 Å². The Morgan fingerprint density at radius 2 is 2.15 bits per heavy atom. The number of fused-ring (bicyclic) bond motifs is 2. The molecule has 1 aromatic heterocycles. The highest BCUT2D eigenvalue weighted by molar-refractivity contribution is 8.00. The number of carbonyl (C=O) groups excluding carboxylic acids is 4. The zero-order valence-corrected chi connectivity index (χ0v) is 22.0. The van der Waals surface area contributed by atoms with Gasteiger partial charge in [-0.15, -0.1) is 23.1 Å². The Bertz CT molecular complexity index is 1530. The molecule has 0 radical (unpaired) electrons. The maximum Gasteiger partial charge on any atom is 0.314 e. The number of nitrogen functional groups attached to an aromatic ring is 1. The Kier molecular flexibility index (Phi) is 6.96. The number of nitrogens with zero attached hydrogens (tertiary/aromatic N) is 5. The third-order valence-corrected chi connectivity index (χ3v) is 8.09. The van der Waals surface area contributed by atoms with Crippen molar-refractivity contribution in [1.29, 1.82) is 0 Å². The lowest BCUT2D eigenvalue weighted by Gasteiger charge is -2.50. The lowest BCUT2D eigenvalue weighted by molar-refractivity contribution is -0.595. The van der Waals surface area contributed by atoms with E-state index in [1.165, 1.54) is 17.1 Å². The number of nitrogens with two attached hydrogens (primary N) is 2. The minimum atomic E-state index is -1.50. The van der Waals surface area contributed by atoms with Gasteiger partial charge in [0, 0.05) is 29.8 Å². The number of rotatable bonds is 9. The quantitative estimate of drug-likeness (QED) is 0.115. The van der Waals surface area contributed by atoms with E-state index in [0.717, 1.165) is 16.2 Å². The minimum Gasteiger partial charge on any atom is -0.543 e. The number of anilines is 1. The molecule has 5 rings (SSSR count). The summed E-state index contributed by atoms with van der Waals surface area (Å²) in [7, 11) is 0. The van der Waals surface area contributed by atoms with E-state index in [1.807, 2.05) is 0 Å². The van der Waals surface area contributed by atoms with E-state index in [0.29, 0.717) is 17.0 Å². The molecule has 4 aliphatic heterocycles. The molecule has 1 saturated heterocycles. The molecule has 39 heavy (non-hydrogen) atoms. The Labute approximate surface area is 229 Å². The Morgan fingerprint density at radius 1 is 1.36 bits per heavy atom. The van der Waals surface area contributed by atoms with Crippen LogP contribution >= 0.6 is 23.1 Å². The summed E-state index contributed by atoms with van der Waals surface area (Å²) in [6.45, 7) is 2.06. The van der Waals surface area contributed by atoms with Gasteiger partial charge in [-0.1, -0.05) is 5.16 Å². The molecular formula is C23H22N8O6S2. The van der Waals surface area contributed by atoms with Crippen molar-refractivity contribution in [3.63, 3.8) is 0 Å². The molecule has 0 saturated carbocycles. The molecule has 0 unspecified atom stereocenters. The highest BCUT2D eigenvalue weighted by atomic mass is 32.2. The smallest absolute Gasteiger partial charge is 0.314 e. The van der Waals surface area contributed by atoms with Crippen LogP contribution in [0.15, 0.2) is 52.5 Å². The zero-order valence-electron chi connectivity index (χ0n) is 20.4. The number of thiazole rings is 1. The Hall–Kier alpha value is -4.44. The maximum absolute atomic E-state index is 13.1. The SMILES string of the molecule is CCO/N=C(\C(=O)N[C@@H]1C(=O)N2C(C(=O)[O-])=C(Cn3cc[n+]4c(C(N)=O)ccc-4c3)CS[C@@H]12)c1csc(N)n1. The predicted octanol–water partition coefficient (Wildman–Crippen LogP) is -1.82. The molecule has 16 heteroatoms. The van der Waals surface area contributed by atoms with Crippen LogP contribution in [0, 0.1) is 0 Å². The van der Waals surface area contributed by atoms with Crippen LogP contribution in [0.25, 0.3) is 5.69 Å². The second kappa shape index (κ2) is 10.4. The molecule has 1 aromatic rings. The highest BCUT2D eigenvalue weighted by Crippen LogP contribution is 2.40. The summed E-state index contributed by atoms with van der Waals surface area (Å²) in [4.78, 5) is 60.0. The van der Waals surface area contributed by atoms with Gasteiger partial charge in [-0.2, -0.15) is 4.57 Å². The molecular weight excluding hydrogens is 548 g/mol. The standard InChI is InChI=1S/C23H22N8O6S2/c1-2-37-28-15(13-10-39-23(25)26-13)19(33)27-16-20(34)31-17(22(35)36)11(9-38-21(16)31)7-29-5-6-30-12(8-29)3-4-14(30)18(24)32/h3-6,8,10,16,21H,2,7,9H2,1H3,(H5-,24,25,26,27,32,33,35,36)/b28-15-/t16-,21+/m1/s1. The normalized spacial score (nSPS) is 19.1. The van der Waals surface area contributed by atoms with Crippen LogP contribution in [0.1, 0.15) is 23.1 Å². The number of carboxylic acid groups (broad SMARTS) is 1. The summed E-state index contributed by atoms with van der Waals surface area (Å²) in [6.07, 6.45) is 5.04. The lowest BCUT2D eigenvalue weighted by Crippen LogP contribution is -2.71. The van der Waals surface area contributed by atoms with Crippen LogP contribution in [0.5, 0.6) is 0 Å². The second-order valence-electron chi connectivity index (χ2n) is 8.51. The average molecular weight is 571 g/mol. The molecule has 1 fully saturated rings. The van der Waals surface area contributed by atoms with E-state index >= 15 is 0 Å². The molecule has 0 spiro atoms. The van der Waals surface area contributed by atoms with Gasteiger partial charge in [0.1, 0.15) is 23.7 Å². The van der Waals surface area contributed by atoms with E-state index in [2.05, 4.69) is 15.5 Å². The number of β-lactam (4-membered cyclic amide) rings is 1. The Morgan fingerprint density at radius 3 is 2.82 bits per heavy atom. The third kappa shape index (κ3) is 4.79. The number of aliphatic carboxylic acids is 1. The maximum atomic E-state index is 13.1. The first-order valence-corrected chi connectivity index (χ1v) is 13.5. The topological polar surface area (TPSA) is 202 Å². The minimum absolute atomic E-state index is 0.148. The van der Waals surface area contributed by atoms with Crippen LogP contribution < -0.4 is 26.5 Å². The molecule has 202 valence electrons. The number of carboxylic acids is 1. The van der Waals surface area contributed by atoms with Gasteiger partial charge >= 0.3 is 5.91 Å². The summed E-state index contributed by atoms with van der Waals surface area (Å²) < 4.78 is 3.35. The Balaban J connectivity index is 1.35. The van der Waals surface area contributed by atoms with E-state index in [1.54, 1.807) is 46.8 Å². The van der Waals surface area contributed by atoms with Gasteiger partial charge in [0.05, 0.1) is 24.1 Å². The van der Waals surface area contributed by atoms with Crippen molar-refractivity contribution in [3.8, 4) is 5.69 Å². The van der Waals surface area contributed by atoms with E-state index < -0.39 is 35.1 Å². The fourth-order valence-electron chi connectivity index (χ4n) is 4.35. The van der Waals surface area contributed by atoms with Gasteiger partial charge in [0.2, 0.25) is 5.69 Å². The van der Waals surface area contributed by atoms with Gasteiger partial charge in [-0.25, -0.2) is 4.98 Å². The number of hydrogen-bond acceptors (Lipinski definition) is 11. The van der Waals surface area contributed by atoms with Crippen molar-refractivity contribution in [3.05, 3.63) is 58.8 Å². The first kappa shape index (κ1) is 26.2. The second-order valence-corrected chi connectivity index (χ2v) is 10.5. The first-order chi connectivity index (χ1) is 18.7. The number of hydrogen-bond donors (Lipinski definition) is 3. The van der Waals surface area contributed by atoms with Crippen LogP contribution in [0.2, 0.25) is 0 Å². The lowest BCUT2D eigenvalue weighted by atomic mass is 10.0. The molecule has 4 aliphatic rings. The zero-order chi connectivity index (χ0) is 27.8. The number of amides is 3. The summed E-state index contributed by atoms with van der Waals surface area (Å²) in [5.74, 6) is -3.09. The third-order valence-electron chi connectivity index (χ3n) is 6.07. The number of carbonyl (C=O) groups is 4. The van der Waals surface area contributed by atoms with E-state index in [-0.39, 0.29) is 41.1 Å². The molecule has 0 bridgehead atoms. The molecule has 5 N–H and O–H groups in total. The van der Waals surface area contributed by atoms with Crippen LogP contribution in [-0.4, -0.2) is 67.6 Å². The number of nitrogens with one attached hydrogen (secondary N) is 1. The van der Waals surface area contributed by atoms with Crippen molar-refractivity contribution >= 4 is 57.6 Å². The van der Waals surface area contributed by atoms with Crippen molar-refractivity contribution < 1.29 is 33.7 Å². The molecule has 5 heterocycles. The van der Waals surface area contributed by atoms with Gasteiger partial charge in [-0.05, 0) is 12.5 Å². The highest BCUT2D eigenvalue weighted by Gasteiger charge is 2.53. The number of oxime groups is 1. The van der Waals surface area contributed by atoms with Gasteiger partial charge in [0.15, 0.2) is 17.0 Å².